The molecule has 31 heavy (non-hydrogen) atoms. The van der Waals surface area contributed by atoms with Crippen LogP contribution in [0, 0.1) is 0 Å². The number of unbranched alkanes of at least 4 members (excludes halogenated alkanes) is 13. The summed E-state index contributed by atoms with van der Waals surface area (Å²) in [5, 5.41) is 10.1. The number of methoxy groups -OCH3 is 1. The second kappa shape index (κ2) is 19.2. The fourth-order valence-corrected chi connectivity index (χ4v) is 3.79. The van der Waals surface area contributed by atoms with Crippen LogP contribution in [-0.2, 0) is 16.0 Å². The first-order valence-electron chi connectivity index (χ1n) is 12.6. The number of aliphatic hydroxyl groups is 1. The van der Waals surface area contributed by atoms with Crippen molar-refractivity contribution in [3.8, 4) is 5.75 Å². The fourth-order valence-electron chi connectivity index (χ4n) is 3.79. The third-order valence-electron chi connectivity index (χ3n) is 5.83. The second-order valence-corrected chi connectivity index (χ2v) is 8.75. The predicted octanol–water partition coefficient (Wildman–Crippen LogP) is 7.01. The van der Waals surface area contributed by atoms with Crippen LogP contribution in [0.3, 0.4) is 0 Å². The largest absolute Gasteiger partial charge is 0.491 e. The maximum Gasteiger partial charge on any atom is 0.309 e. The van der Waals surface area contributed by atoms with Crippen LogP contribution in [0.15, 0.2) is 24.3 Å². The number of benzene rings is 1. The van der Waals surface area contributed by atoms with E-state index in [-0.39, 0.29) is 12.4 Å². The van der Waals surface area contributed by atoms with Crippen molar-refractivity contribution in [3.63, 3.8) is 0 Å². The molecule has 0 aliphatic rings. The number of rotatable bonds is 20. The molecule has 0 amide bonds. The molecule has 0 saturated heterocycles. The molecule has 4 heteroatoms. The molecule has 0 aliphatic heterocycles. The van der Waals surface area contributed by atoms with E-state index in [0.717, 1.165) is 18.4 Å². The van der Waals surface area contributed by atoms with Gasteiger partial charge in [0.25, 0.3) is 0 Å². The zero-order chi connectivity index (χ0) is 22.6. The van der Waals surface area contributed by atoms with E-state index < -0.39 is 6.10 Å². The van der Waals surface area contributed by atoms with E-state index in [2.05, 4.69) is 11.7 Å². The van der Waals surface area contributed by atoms with Gasteiger partial charge in [-0.25, -0.2) is 0 Å². The molecule has 0 heterocycles. The second-order valence-electron chi connectivity index (χ2n) is 8.75. The average molecular weight is 435 g/mol. The molecule has 0 aromatic heterocycles. The first kappa shape index (κ1) is 27.5. The van der Waals surface area contributed by atoms with Crippen LogP contribution in [0.2, 0.25) is 0 Å². The van der Waals surface area contributed by atoms with E-state index in [0.29, 0.717) is 12.4 Å². The SMILES string of the molecule is CCCCCCCCCCCCCCCCC(O)COc1ccc(CC(=O)OC)cc1. The van der Waals surface area contributed by atoms with Crippen molar-refractivity contribution in [2.45, 2.75) is 116 Å². The minimum Gasteiger partial charge on any atom is -0.491 e. The lowest BCUT2D eigenvalue weighted by molar-refractivity contribution is -0.139. The Morgan fingerprint density at radius 2 is 1.29 bits per heavy atom. The first-order chi connectivity index (χ1) is 15.2. The fraction of sp³-hybridized carbons (Fsp3) is 0.741. The molecule has 1 aromatic carbocycles. The molecule has 1 rings (SSSR count). The molecule has 0 fully saturated rings. The molecule has 178 valence electrons. The van der Waals surface area contributed by atoms with Gasteiger partial charge in [-0.1, -0.05) is 109 Å². The highest BCUT2D eigenvalue weighted by molar-refractivity contribution is 5.72. The number of carbonyl (C=O) groups excluding carboxylic acids is 1. The van der Waals surface area contributed by atoms with Crippen molar-refractivity contribution in [1.82, 2.24) is 0 Å². The highest BCUT2D eigenvalue weighted by Gasteiger charge is 2.06. The monoisotopic (exact) mass is 434 g/mol. The molecule has 1 unspecified atom stereocenters. The van der Waals surface area contributed by atoms with E-state index in [1.54, 1.807) is 0 Å². The summed E-state index contributed by atoms with van der Waals surface area (Å²) in [6.45, 7) is 2.59. The van der Waals surface area contributed by atoms with Crippen LogP contribution >= 0.6 is 0 Å². The summed E-state index contributed by atoms with van der Waals surface area (Å²) in [6.07, 6.45) is 19.4. The minimum atomic E-state index is -0.424. The number of aliphatic hydroxyl groups excluding tert-OH is 1. The van der Waals surface area contributed by atoms with E-state index in [1.165, 1.54) is 90.6 Å². The number of carbonyl (C=O) groups is 1. The summed E-state index contributed by atoms with van der Waals surface area (Å²) >= 11 is 0. The lowest BCUT2D eigenvalue weighted by atomic mass is 10.0. The highest BCUT2D eigenvalue weighted by Crippen LogP contribution is 2.16. The Bertz CT molecular complexity index is 541. The van der Waals surface area contributed by atoms with E-state index in [4.69, 9.17) is 4.74 Å². The number of ether oxygens (including phenoxy) is 2. The zero-order valence-corrected chi connectivity index (χ0v) is 20.1. The first-order valence-corrected chi connectivity index (χ1v) is 12.6. The van der Waals surface area contributed by atoms with E-state index in [1.807, 2.05) is 24.3 Å². The van der Waals surface area contributed by atoms with Gasteiger partial charge in [0.05, 0.1) is 19.6 Å². The maximum atomic E-state index is 11.3. The quantitative estimate of drug-likeness (QED) is 0.177. The standard InChI is InChI=1S/C27H46O4/c1-3-4-5-6-7-8-9-10-11-12-13-14-15-16-17-25(28)23-31-26-20-18-24(19-21-26)22-27(29)30-2/h18-21,25,28H,3-17,22-23H2,1-2H3. The summed E-state index contributed by atoms with van der Waals surface area (Å²) in [7, 11) is 1.39. The Labute approximate surface area is 190 Å². The van der Waals surface area contributed by atoms with Gasteiger partial charge in [-0.2, -0.15) is 0 Å². The molecule has 0 bridgehead atoms. The van der Waals surface area contributed by atoms with Gasteiger partial charge in [-0.05, 0) is 24.1 Å². The van der Waals surface area contributed by atoms with Crippen LogP contribution in [0.5, 0.6) is 5.75 Å². The van der Waals surface area contributed by atoms with Crippen molar-refractivity contribution in [2.24, 2.45) is 0 Å². The predicted molar refractivity (Wildman–Crippen MR) is 129 cm³/mol. The Morgan fingerprint density at radius 3 is 1.77 bits per heavy atom. The maximum absolute atomic E-state index is 11.3. The van der Waals surface area contributed by atoms with Gasteiger partial charge >= 0.3 is 5.97 Å². The van der Waals surface area contributed by atoms with Crippen molar-refractivity contribution in [1.29, 1.82) is 0 Å². The molecular formula is C27H46O4. The van der Waals surface area contributed by atoms with E-state index in [9.17, 15) is 9.90 Å². The van der Waals surface area contributed by atoms with Crippen LogP contribution in [-0.4, -0.2) is 30.9 Å². The van der Waals surface area contributed by atoms with Gasteiger partial charge in [0, 0.05) is 0 Å². The number of esters is 1. The summed E-state index contributed by atoms with van der Waals surface area (Å²) in [5.41, 5.74) is 0.891. The molecular weight excluding hydrogens is 388 g/mol. The van der Waals surface area contributed by atoms with Gasteiger partial charge in [0.2, 0.25) is 0 Å². The molecule has 1 aromatic rings. The molecule has 0 saturated carbocycles. The van der Waals surface area contributed by atoms with Crippen LogP contribution in [0.1, 0.15) is 109 Å². The van der Waals surface area contributed by atoms with Crippen molar-refractivity contribution < 1.29 is 19.4 Å². The third-order valence-corrected chi connectivity index (χ3v) is 5.83. The third kappa shape index (κ3) is 15.8. The van der Waals surface area contributed by atoms with Gasteiger partial charge in [-0.3, -0.25) is 4.79 Å². The minimum absolute atomic E-state index is 0.253. The van der Waals surface area contributed by atoms with Gasteiger partial charge in [0.1, 0.15) is 12.4 Å². The van der Waals surface area contributed by atoms with Crippen molar-refractivity contribution in [3.05, 3.63) is 29.8 Å². The van der Waals surface area contributed by atoms with Crippen LogP contribution < -0.4 is 4.74 Å². The lowest BCUT2D eigenvalue weighted by Crippen LogP contribution is -2.17. The Kier molecular flexibility index (Phi) is 17.0. The summed E-state index contributed by atoms with van der Waals surface area (Å²) in [4.78, 5) is 11.3. The van der Waals surface area contributed by atoms with Gasteiger partial charge in [0.15, 0.2) is 0 Å². The van der Waals surface area contributed by atoms with E-state index >= 15 is 0 Å². The van der Waals surface area contributed by atoms with Crippen LogP contribution in [0.4, 0.5) is 0 Å². The molecule has 1 atom stereocenters. The summed E-state index contributed by atoms with van der Waals surface area (Å²) in [5.74, 6) is 0.464. The summed E-state index contributed by atoms with van der Waals surface area (Å²) < 4.78 is 10.3. The van der Waals surface area contributed by atoms with Crippen molar-refractivity contribution in [2.75, 3.05) is 13.7 Å². The molecule has 4 nitrogen and oxygen atoms in total. The Hall–Kier alpha value is -1.55. The molecule has 1 N–H and O–H groups in total. The van der Waals surface area contributed by atoms with Gasteiger partial charge < -0.3 is 14.6 Å². The highest BCUT2D eigenvalue weighted by atomic mass is 16.5. The normalized spacial score (nSPS) is 12.0. The van der Waals surface area contributed by atoms with Crippen LogP contribution in [0.25, 0.3) is 0 Å². The van der Waals surface area contributed by atoms with Gasteiger partial charge in [-0.15, -0.1) is 0 Å². The number of hydrogen-bond acceptors (Lipinski definition) is 4. The Balaban J connectivity index is 1.91. The lowest BCUT2D eigenvalue weighted by Gasteiger charge is -2.12. The molecule has 0 aliphatic carbocycles. The number of hydrogen-bond donors (Lipinski definition) is 1. The van der Waals surface area contributed by atoms with Crippen molar-refractivity contribution >= 4 is 5.97 Å². The molecule has 0 radical (unpaired) electrons. The Morgan fingerprint density at radius 1 is 0.806 bits per heavy atom. The topological polar surface area (TPSA) is 55.8 Å². The smallest absolute Gasteiger partial charge is 0.309 e. The summed E-state index contributed by atoms with van der Waals surface area (Å²) in [6, 6.07) is 7.37. The zero-order valence-electron chi connectivity index (χ0n) is 20.1. The molecule has 0 spiro atoms. The average Bonchev–Trinajstić information content (AvgIpc) is 2.78.